The highest BCUT2D eigenvalue weighted by atomic mass is 16.5. The van der Waals surface area contributed by atoms with Crippen molar-refractivity contribution in [2.24, 2.45) is 0 Å². The molecule has 0 bridgehead atoms. The Kier molecular flexibility index (Phi) is 4.38. The molecule has 158 valence electrons. The van der Waals surface area contributed by atoms with Crippen molar-refractivity contribution < 1.29 is 9.47 Å². The van der Waals surface area contributed by atoms with Gasteiger partial charge in [0.15, 0.2) is 17.1 Å². The van der Waals surface area contributed by atoms with Crippen molar-refractivity contribution in [1.82, 2.24) is 19.2 Å². The number of rotatable bonds is 3. The van der Waals surface area contributed by atoms with Gasteiger partial charge in [-0.25, -0.2) is 9.50 Å². The molecule has 1 aliphatic rings. The van der Waals surface area contributed by atoms with Gasteiger partial charge in [0, 0.05) is 24.4 Å². The minimum Gasteiger partial charge on any atom is -0.490 e. The minimum atomic E-state index is -0.110. The van der Waals surface area contributed by atoms with E-state index in [0.717, 1.165) is 45.8 Å². The van der Waals surface area contributed by atoms with E-state index in [1.807, 2.05) is 54.6 Å². The van der Waals surface area contributed by atoms with Gasteiger partial charge in [0.05, 0.1) is 36.9 Å². The second-order valence-electron chi connectivity index (χ2n) is 7.80. The summed E-state index contributed by atoms with van der Waals surface area (Å²) >= 11 is 0. The molecule has 4 heterocycles. The number of aromatic nitrogens is 4. The van der Waals surface area contributed by atoms with Crippen LogP contribution in [-0.2, 0) is 6.54 Å². The molecule has 0 unspecified atom stereocenters. The van der Waals surface area contributed by atoms with Crippen LogP contribution >= 0.6 is 0 Å². The lowest BCUT2D eigenvalue weighted by Crippen LogP contribution is -2.21. The number of hydrogen-bond acceptors (Lipinski definition) is 5. The van der Waals surface area contributed by atoms with Crippen molar-refractivity contribution in [2.75, 3.05) is 13.2 Å². The molecule has 1 aliphatic heterocycles. The number of nitrogens with zero attached hydrogens (tertiary/aromatic N) is 4. The molecule has 0 saturated carbocycles. The first-order valence-electron chi connectivity index (χ1n) is 10.6. The summed E-state index contributed by atoms with van der Waals surface area (Å²) in [4.78, 5) is 17.8. The van der Waals surface area contributed by atoms with Crippen LogP contribution in [0.25, 0.3) is 27.7 Å². The van der Waals surface area contributed by atoms with E-state index < -0.39 is 0 Å². The first-order valence-corrected chi connectivity index (χ1v) is 10.6. The third-order valence-corrected chi connectivity index (χ3v) is 5.72. The Balaban J connectivity index is 1.40. The Morgan fingerprint density at radius 2 is 1.78 bits per heavy atom. The van der Waals surface area contributed by atoms with Crippen LogP contribution < -0.4 is 15.0 Å². The number of benzene rings is 2. The highest BCUT2D eigenvalue weighted by molar-refractivity contribution is 5.85. The molecule has 32 heavy (non-hydrogen) atoms. The van der Waals surface area contributed by atoms with Crippen LogP contribution in [0.3, 0.4) is 0 Å². The summed E-state index contributed by atoms with van der Waals surface area (Å²) in [6.45, 7) is 1.71. The number of hydrogen-bond donors (Lipinski definition) is 0. The molecule has 6 rings (SSSR count). The van der Waals surface area contributed by atoms with E-state index in [1.165, 1.54) is 0 Å². The maximum absolute atomic E-state index is 13.2. The first-order chi connectivity index (χ1) is 15.8. The second-order valence-corrected chi connectivity index (χ2v) is 7.80. The van der Waals surface area contributed by atoms with Crippen molar-refractivity contribution in [2.45, 2.75) is 13.0 Å². The smallest absolute Gasteiger partial charge is 0.261 e. The monoisotopic (exact) mass is 424 g/mol. The van der Waals surface area contributed by atoms with Gasteiger partial charge < -0.3 is 14.0 Å². The van der Waals surface area contributed by atoms with Crippen molar-refractivity contribution in [3.05, 3.63) is 89.1 Å². The maximum Gasteiger partial charge on any atom is 0.261 e. The van der Waals surface area contributed by atoms with Crippen LogP contribution in [0.1, 0.15) is 12.0 Å². The summed E-state index contributed by atoms with van der Waals surface area (Å²) in [5, 5.41) is 5.04. The van der Waals surface area contributed by atoms with E-state index >= 15 is 0 Å². The molecule has 0 amide bonds. The normalized spacial score (nSPS) is 13.4. The van der Waals surface area contributed by atoms with E-state index in [4.69, 9.17) is 9.47 Å². The van der Waals surface area contributed by atoms with Gasteiger partial charge in [-0.15, -0.1) is 0 Å². The highest BCUT2D eigenvalue weighted by Crippen LogP contribution is 2.30. The van der Waals surface area contributed by atoms with Crippen LogP contribution in [0.15, 0.2) is 78.0 Å². The second kappa shape index (κ2) is 7.53. The van der Waals surface area contributed by atoms with Crippen LogP contribution in [0, 0.1) is 0 Å². The van der Waals surface area contributed by atoms with Gasteiger partial charge in [0.25, 0.3) is 5.56 Å². The number of fused-ring (bicyclic) bond motifs is 4. The molecular formula is C25H20N4O3. The SMILES string of the molecule is O=c1c2cnc3c(-c4ccccc4)cnn3c2ccn1Cc1ccc2c(c1)OCCCO2. The zero-order chi connectivity index (χ0) is 21.5. The lowest BCUT2D eigenvalue weighted by molar-refractivity contribution is 0.297. The van der Waals surface area contributed by atoms with E-state index in [1.54, 1.807) is 27.7 Å². The molecule has 0 atom stereocenters. The lowest BCUT2D eigenvalue weighted by Gasteiger charge is -2.11. The standard InChI is InChI=1S/C25H20N4O3/c30-25-20-14-26-24-19(18-5-2-1-3-6-18)15-27-29(24)21(20)9-10-28(25)16-17-7-8-22-23(13-17)32-12-4-11-31-22/h1-3,5-10,13-15H,4,11-12,16H2. The molecule has 2 aromatic carbocycles. The van der Waals surface area contributed by atoms with E-state index in [2.05, 4.69) is 10.1 Å². The topological polar surface area (TPSA) is 70.7 Å². The first kappa shape index (κ1) is 18.6. The molecule has 0 radical (unpaired) electrons. The van der Waals surface area contributed by atoms with E-state index in [-0.39, 0.29) is 5.56 Å². The summed E-state index contributed by atoms with van der Waals surface area (Å²) in [5.74, 6) is 1.47. The van der Waals surface area contributed by atoms with Gasteiger partial charge >= 0.3 is 0 Å². The predicted octanol–water partition coefficient (Wildman–Crippen LogP) is 3.92. The summed E-state index contributed by atoms with van der Waals surface area (Å²) < 4.78 is 14.9. The van der Waals surface area contributed by atoms with Gasteiger partial charge in [0.2, 0.25) is 0 Å². The number of ether oxygens (including phenoxy) is 2. The Bertz CT molecular complexity index is 1510. The quantitative estimate of drug-likeness (QED) is 0.439. The van der Waals surface area contributed by atoms with Gasteiger partial charge in [-0.2, -0.15) is 5.10 Å². The molecule has 0 N–H and O–H groups in total. The van der Waals surface area contributed by atoms with Crippen LogP contribution in [0.2, 0.25) is 0 Å². The van der Waals surface area contributed by atoms with Crippen molar-refractivity contribution in [3.8, 4) is 22.6 Å². The van der Waals surface area contributed by atoms with E-state index in [9.17, 15) is 4.79 Å². The Morgan fingerprint density at radius 1 is 0.938 bits per heavy atom. The molecule has 0 spiro atoms. The summed E-state index contributed by atoms with van der Waals surface area (Å²) in [7, 11) is 0. The molecule has 5 aromatic rings. The van der Waals surface area contributed by atoms with Crippen molar-refractivity contribution >= 4 is 16.6 Å². The fourth-order valence-corrected chi connectivity index (χ4v) is 4.11. The number of pyridine rings is 1. The summed E-state index contributed by atoms with van der Waals surface area (Å²) in [6.07, 6.45) is 6.10. The zero-order valence-corrected chi connectivity index (χ0v) is 17.3. The van der Waals surface area contributed by atoms with Gasteiger partial charge in [-0.1, -0.05) is 36.4 Å². The lowest BCUT2D eigenvalue weighted by atomic mass is 10.1. The predicted molar refractivity (Wildman–Crippen MR) is 121 cm³/mol. The van der Waals surface area contributed by atoms with Crippen LogP contribution in [0.5, 0.6) is 11.5 Å². The Hall–Kier alpha value is -4.13. The summed E-state index contributed by atoms with van der Waals surface area (Å²) in [5.41, 5.74) is 4.29. The summed E-state index contributed by atoms with van der Waals surface area (Å²) in [6, 6.07) is 17.7. The Morgan fingerprint density at radius 3 is 2.66 bits per heavy atom. The van der Waals surface area contributed by atoms with Crippen LogP contribution in [0.4, 0.5) is 0 Å². The van der Waals surface area contributed by atoms with Crippen LogP contribution in [-0.4, -0.2) is 32.4 Å². The third kappa shape index (κ3) is 3.10. The molecule has 7 heteroatoms. The van der Waals surface area contributed by atoms with Gasteiger partial charge in [0.1, 0.15) is 0 Å². The molecular weight excluding hydrogens is 404 g/mol. The average molecular weight is 424 g/mol. The largest absolute Gasteiger partial charge is 0.490 e. The maximum atomic E-state index is 13.2. The van der Waals surface area contributed by atoms with Crippen molar-refractivity contribution in [1.29, 1.82) is 0 Å². The highest BCUT2D eigenvalue weighted by Gasteiger charge is 2.14. The molecule has 0 aliphatic carbocycles. The average Bonchev–Trinajstić information content (AvgIpc) is 3.13. The minimum absolute atomic E-state index is 0.110. The van der Waals surface area contributed by atoms with Gasteiger partial charge in [-0.3, -0.25) is 4.79 Å². The molecule has 3 aromatic heterocycles. The molecule has 0 saturated heterocycles. The van der Waals surface area contributed by atoms with Gasteiger partial charge in [-0.05, 0) is 29.3 Å². The van der Waals surface area contributed by atoms with Crippen molar-refractivity contribution in [3.63, 3.8) is 0 Å². The Labute approximate surface area is 183 Å². The zero-order valence-electron chi connectivity index (χ0n) is 17.3. The third-order valence-electron chi connectivity index (χ3n) is 5.72. The molecule has 0 fully saturated rings. The van der Waals surface area contributed by atoms with E-state index in [0.29, 0.717) is 25.1 Å². The molecule has 7 nitrogen and oxygen atoms in total. The fourth-order valence-electron chi connectivity index (χ4n) is 4.11. The fraction of sp³-hybridized carbons (Fsp3) is 0.160.